The molecule has 0 aliphatic carbocycles. The van der Waals surface area contributed by atoms with Crippen molar-refractivity contribution in [3.8, 4) is 0 Å². The summed E-state index contributed by atoms with van der Waals surface area (Å²) in [5.41, 5.74) is 0. The summed E-state index contributed by atoms with van der Waals surface area (Å²) in [6.07, 6.45) is 21.0. The lowest BCUT2D eigenvalue weighted by atomic mass is 10.0. The fraction of sp³-hybridized carbons (Fsp3) is 1.00. The standard InChI is InChI=1S/C23H50NO/c1-4-7-8-9-10-11-12-13-14-15-16-17-18-19-21-24(5-2,6-3)22-20-23-25/h25H,4-23H2,1-3H3/q+1. The van der Waals surface area contributed by atoms with Gasteiger partial charge in [0, 0.05) is 13.0 Å². The SMILES string of the molecule is CCCCCCCCCCCCCCCC[N+](CC)(CC)CCCO. The van der Waals surface area contributed by atoms with E-state index in [0.717, 1.165) is 13.0 Å². The molecule has 0 bridgehead atoms. The number of hydrogen-bond acceptors (Lipinski definition) is 1. The van der Waals surface area contributed by atoms with Gasteiger partial charge in [0.05, 0.1) is 26.2 Å². The minimum atomic E-state index is 0.346. The molecule has 0 aromatic heterocycles. The Morgan fingerprint density at radius 3 is 1.20 bits per heavy atom. The van der Waals surface area contributed by atoms with Crippen molar-refractivity contribution in [2.24, 2.45) is 0 Å². The van der Waals surface area contributed by atoms with Crippen LogP contribution in [0.25, 0.3) is 0 Å². The molecule has 152 valence electrons. The van der Waals surface area contributed by atoms with Crippen LogP contribution in [-0.2, 0) is 0 Å². The van der Waals surface area contributed by atoms with Crippen molar-refractivity contribution >= 4 is 0 Å². The van der Waals surface area contributed by atoms with E-state index < -0.39 is 0 Å². The number of hydrogen-bond donors (Lipinski definition) is 1. The molecule has 0 aromatic rings. The first-order valence-electron chi connectivity index (χ1n) is 11.7. The Morgan fingerprint density at radius 2 is 0.840 bits per heavy atom. The maximum Gasteiger partial charge on any atom is 0.0808 e. The summed E-state index contributed by atoms with van der Waals surface area (Å²) >= 11 is 0. The minimum Gasteiger partial charge on any atom is -0.396 e. The number of quaternary nitrogens is 1. The monoisotopic (exact) mass is 356 g/mol. The van der Waals surface area contributed by atoms with Gasteiger partial charge in [-0.1, -0.05) is 84.0 Å². The zero-order chi connectivity index (χ0) is 18.6. The van der Waals surface area contributed by atoms with E-state index in [1.165, 1.54) is 114 Å². The third-order valence-corrected chi connectivity index (χ3v) is 6.12. The van der Waals surface area contributed by atoms with Crippen LogP contribution >= 0.6 is 0 Å². The van der Waals surface area contributed by atoms with Gasteiger partial charge in [0.2, 0.25) is 0 Å². The van der Waals surface area contributed by atoms with E-state index in [-0.39, 0.29) is 0 Å². The molecule has 25 heavy (non-hydrogen) atoms. The predicted molar refractivity (Wildman–Crippen MR) is 113 cm³/mol. The molecule has 0 atom stereocenters. The Kier molecular flexibility index (Phi) is 18.6. The second-order valence-corrected chi connectivity index (χ2v) is 8.09. The largest absolute Gasteiger partial charge is 0.396 e. The van der Waals surface area contributed by atoms with E-state index in [1.807, 2.05) is 0 Å². The van der Waals surface area contributed by atoms with Gasteiger partial charge in [-0.05, 0) is 26.7 Å². The first-order valence-corrected chi connectivity index (χ1v) is 11.7. The fourth-order valence-electron chi connectivity index (χ4n) is 4.02. The van der Waals surface area contributed by atoms with Crippen molar-refractivity contribution < 1.29 is 9.59 Å². The normalized spacial score (nSPS) is 12.0. The first kappa shape index (κ1) is 24.9. The third kappa shape index (κ3) is 14.7. The van der Waals surface area contributed by atoms with Crippen LogP contribution in [0.2, 0.25) is 0 Å². The molecule has 0 heterocycles. The molecule has 0 fully saturated rings. The molecule has 0 rings (SSSR count). The molecule has 1 N–H and O–H groups in total. The number of unbranched alkanes of at least 4 members (excludes halogenated alkanes) is 13. The average molecular weight is 357 g/mol. The van der Waals surface area contributed by atoms with Gasteiger partial charge in [0.25, 0.3) is 0 Å². The zero-order valence-corrected chi connectivity index (χ0v) is 18.0. The summed E-state index contributed by atoms with van der Waals surface area (Å²) in [4.78, 5) is 0. The van der Waals surface area contributed by atoms with Crippen molar-refractivity contribution in [3.63, 3.8) is 0 Å². The zero-order valence-electron chi connectivity index (χ0n) is 18.0. The topological polar surface area (TPSA) is 20.2 Å². The molecule has 0 aliphatic rings. The summed E-state index contributed by atoms with van der Waals surface area (Å²) in [6, 6.07) is 0. The number of nitrogens with zero attached hydrogens (tertiary/aromatic N) is 1. The summed E-state index contributed by atoms with van der Waals surface area (Å²) < 4.78 is 1.21. The van der Waals surface area contributed by atoms with Crippen LogP contribution in [0.3, 0.4) is 0 Å². The van der Waals surface area contributed by atoms with Gasteiger partial charge in [-0.2, -0.15) is 0 Å². The number of rotatable bonds is 20. The lowest BCUT2D eigenvalue weighted by Crippen LogP contribution is -2.49. The highest BCUT2D eigenvalue weighted by atomic mass is 16.3. The summed E-state index contributed by atoms with van der Waals surface area (Å²) in [6.45, 7) is 12.2. The van der Waals surface area contributed by atoms with E-state index in [4.69, 9.17) is 5.11 Å². The smallest absolute Gasteiger partial charge is 0.0808 e. The van der Waals surface area contributed by atoms with E-state index in [2.05, 4.69) is 20.8 Å². The van der Waals surface area contributed by atoms with E-state index in [1.54, 1.807) is 0 Å². The third-order valence-electron chi connectivity index (χ3n) is 6.12. The second-order valence-electron chi connectivity index (χ2n) is 8.09. The molecule has 0 spiro atoms. The molecule has 2 nitrogen and oxygen atoms in total. The van der Waals surface area contributed by atoms with Gasteiger partial charge >= 0.3 is 0 Å². The molecule has 0 saturated carbocycles. The predicted octanol–water partition coefficient (Wildman–Crippen LogP) is 6.71. The summed E-state index contributed by atoms with van der Waals surface area (Å²) in [5, 5.41) is 9.11. The Hall–Kier alpha value is -0.0800. The van der Waals surface area contributed by atoms with Gasteiger partial charge in [0.15, 0.2) is 0 Å². The highest BCUT2D eigenvalue weighted by Gasteiger charge is 2.21. The number of aliphatic hydroxyl groups excluding tert-OH is 1. The average Bonchev–Trinajstić information content (AvgIpc) is 2.65. The van der Waals surface area contributed by atoms with E-state index >= 15 is 0 Å². The van der Waals surface area contributed by atoms with Gasteiger partial charge in [-0.15, -0.1) is 0 Å². The van der Waals surface area contributed by atoms with Crippen LogP contribution in [0, 0.1) is 0 Å². The molecule has 0 aromatic carbocycles. The molecule has 2 heteroatoms. The summed E-state index contributed by atoms with van der Waals surface area (Å²) in [5.74, 6) is 0. The summed E-state index contributed by atoms with van der Waals surface area (Å²) in [7, 11) is 0. The quantitative estimate of drug-likeness (QED) is 0.190. The van der Waals surface area contributed by atoms with Crippen LogP contribution in [0.1, 0.15) is 117 Å². The van der Waals surface area contributed by atoms with Gasteiger partial charge < -0.3 is 9.59 Å². The van der Waals surface area contributed by atoms with Crippen molar-refractivity contribution in [1.82, 2.24) is 0 Å². The van der Waals surface area contributed by atoms with Crippen molar-refractivity contribution in [1.29, 1.82) is 0 Å². The highest BCUT2D eigenvalue weighted by Crippen LogP contribution is 2.15. The van der Waals surface area contributed by atoms with Gasteiger partial charge in [-0.25, -0.2) is 0 Å². The molecule has 0 aliphatic heterocycles. The van der Waals surface area contributed by atoms with Crippen LogP contribution in [0.4, 0.5) is 0 Å². The highest BCUT2D eigenvalue weighted by molar-refractivity contribution is 4.50. The van der Waals surface area contributed by atoms with E-state index in [0.29, 0.717) is 6.61 Å². The first-order chi connectivity index (χ1) is 12.2. The Bertz CT molecular complexity index is 250. The molecular formula is C23H50NO+. The fourth-order valence-corrected chi connectivity index (χ4v) is 4.02. The lowest BCUT2D eigenvalue weighted by Gasteiger charge is -2.37. The molecule has 0 radical (unpaired) electrons. The molecule has 0 amide bonds. The number of aliphatic hydroxyl groups is 1. The van der Waals surface area contributed by atoms with Crippen LogP contribution in [-0.4, -0.2) is 42.4 Å². The van der Waals surface area contributed by atoms with Gasteiger partial charge in [0.1, 0.15) is 0 Å². The van der Waals surface area contributed by atoms with Crippen molar-refractivity contribution in [2.45, 2.75) is 117 Å². The molecule has 0 saturated heterocycles. The van der Waals surface area contributed by atoms with Crippen LogP contribution in [0.15, 0.2) is 0 Å². The molecular weight excluding hydrogens is 306 g/mol. The Morgan fingerprint density at radius 1 is 0.480 bits per heavy atom. The second kappa shape index (κ2) is 18.7. The van der Waals surface area contributed by atoms with Crippen LogP contribution in [0.5, 0.6) is 0 Å². The minimum absolute atomic E-state index is 0.346. The van der Waals surface area contributed by atoms with Crippen molar-refractivity contribution in [3.05, 3.63) is 0 Å². The molecule has 0 unspecified atom stereocenters. The Labute approximate surface area is 160 Å². The van der Waals surface area contributed by atoms with E-state index in [9.17, 15) is 0 Å². The Balaban J connectivity index is 3.39. The van der Waals surface area contributed by atoms with Crippen molar-refractivity contribution in [2.75, 3.05) is 32.8 Å². The maximum absolute atomic E-state index is 9.11. The maximum atomic E-state index is 9.11. The van der Waals surface area contributed by atoms with Crippen LogP contribution < -0.4 is 0 Å². The van der Waals surface area contributed by atoms with Gasteiger partial charge in [-0.3, -0.25) is 0 Å². The lowest BCUT2D eigenvalue weighted by molar-refractivity contribution is -0.925.